The molecule has 100 valence electrons. The first-order valence-electron chi connectivity index (χ1n) is 5.61. The highest BCUT2D eigenvalue weighted by Gasteiger charge is 2.15. The van der Waals surface area contributed by atoms with Crippen molar-refractivity contribution in [3.05, 3.63) is 30.0 Å². The molecule has 6 nitrogen and oxygen atoms in total. The van der Waals surface area contributed by atoms with Crippen LogP contribution in [0.2, 0.25) is 0 Å². The predicted octanol–water partition coefficient (Wildman–Crippen LogP) is 1.72. The van der Waals surface area contributed by atoms with E-state index in [0.717, 1.165) is 5.39 Å². The number of hydrogen-bond donors (Lipinski definition) is 2. The van der Waals surface area contributed by atoms with Gasteiger partial charge in [0.2, 0.25) is 0 Å². The molecule has 2 rings (SSSR count). The predicted molar refractivity (Wildman–Crippen MR) is 74.6 cm³/mol. The number of carbonyl (C=O) groups excluding carboxylic acids is 1. The topological polar surface area (TPSA) is 95.6 Å². The van der Waals surface area contributed by atoms with Crippen LogP contribution in [-0.4, -0.2) is 22.6 Å². The second-order valence-electron chi connectivity index (χ2n) is 3.81. The third-order valence-electron chi connectivity index (χ3n) is 2.47. The van der Waals surface area contributed by atoms with Crippen molar-refractivity contribution < 1.29 is 9.53 Å². The van der Waals surface area contributed by atoms with Crippen molar-refractivity contribution in [2.24, 2.45) is 16.5 Å². The molecule has 0 aliphatic rings. The Balaban J connectivity index is 2.51. The van der Waals surface area contributed by atoms with E-state index >= 15 is 0 Å². The minimum atomic E-state index is -0.475. The van der Waals surface area contributed by atoms with Crippen LogP contribution >= 0.6 is 11.8 Å². The Morgan fingerprint density at radius 2 is 2.16 bits per heavy atom. The van der Waals surface area contributed by atoms with Crippen LogP contribution in [0.1, 0.15) is 17.4 Å². The minimum Gasteiger partial charge on any atom is -0.461 e. The highest BCUT2D eigenvalue weighted by atomic mass is 35.5. The van der Waals surface area contributed by atoms with Gasteiger partial charge < -0.3 is 16.2 Å². The van der Waals surface area contributed by atoms with Crippen LogP contribution in [0.25, 0.3) is 10.9 Å². The number of esters is 1. The normalized spacial score (nSPS) is 10.4. The van der Waals surface area contributed by atoms with Crippen molar-refractivity contribution in [1.29, 1.82) is 0 Å². The third kappa shape index (κ3) is 2.63. The van der Waals surface area contributed by atoms with Crippen LogP contribution in [0.5, 0.6) is 0 Å². The molecule has 0 saturated heterocycles. The maximum absolute atomic E-state index is 11.7. The van der Waals surface area contributed by atoms with Gasteiger partial charge in [-0.25, -0.2) is 13.9 Å². The summed E-state index contributed by atoms with van der Waals surface area (Å²) in [6.07, 6.45) is 0. The van der Waals surface area contributed by atoms with Crippen LogP contribution in [0.4, 0.5) is 5.69 Å². The molecule has 1 heterocycles. The number of aliphatic imine (C=N–C) groups is 1. The zero-order chi connectivity index (χ0) is 14.0. The molecule has 2 aromatic rings. The Kier molecular flexibility index (Phi) is 3.62. The van der Waals surface area contributed by atoms with Gasteiger partial charge in [-0.15, -0.1) is 0 Å². The van der Waals surface area contributed by atoms with Crippen LogP contribution in [-0.2, 0) is 4.74 Å². The van der Waals surface area contributed by atoms with Crippen molar-refractivity contribution in [2.75, 3.05) is 6.61 Å². The van der Waals surface area contributed by atoms with E-state index in [1.54, 1.807) is 31.2 Å². The van der Waals surface area contributed by atoms with Gasteiger partial charge in [0.1, 0.15) is 5.69 Å². The summed E-state index contributed by atoms with van der Waals surface area (Å²) in [5.41, 5.74) is 12.2. The van der Waals surface area contributed by atoms with E-state index in [1.165, 1.54) is 4.09 Å². The Labute approximate surface area is 114 Å². The largest absolute Gasteiger partial charge is 0.461 e. The number of ether oxygens (including phenoxy) is 1. The van der Waals surface area contributed by atoms with Crippen molar-refractivity contribution in [3.8, 4) is 0 Å². The lowest BCUT2D eigenvalue weighted by Crippen LogP contribution is -2.21. The molecule has 0 atom stereocenters. The van der Waals surface area contributed by atoms with Gasteiger partial charge in [-0.05, 0) is 31.2 Å². The summed E-state index contributed by atoms with van der Waals surface area (Å²) < 4.78 is 6.18. The molecule has 0 unspecified atom stereocenters. The first-order valence-corrected chi connectivity index (χ1v) is 5.95. The summed E-state index contributed by atoms with van der Waals surface area (Å²) in [4.78, 5) is 15.6. The van der Waals surface area contributed by atoms with Crippen LogP contribution in [0.15, 0.2) is 29.3 Å². The molecule has 0 amide bonds. The number of halogens is 1. The second-order valence-corrected chi connectivity index (χ2v) is 4.15. The van der Waals surface area contributed by atoms with E-state index in [1.807, 2.05) is 0 Å². The number of benzene rings is 1. The van der Waals surface area contributed by atoms with Crippen molar-refractivity contribution in [1.82, 2.24) is 4.09 Å². The number of nitrogens with two attached hydrogens (primary N) is 2. The second kappa shape index (κ2) is 5.19. The first-order chi connectivity index (χ1) is 9.02. The van der Waals surface area contributed by atoms with Crippen LogP contribution in [0, 0.1) is 0 Å². The van der Waals surface area contributed by atoms with Gasteiger partial charge in [-0.2, -0.15) is 0 Å². The monoisotopic (exact) mass is 280 g/mol. The van der Waals surface area contributed by atoms with E-state index in [2.05, 4.69) is 4.99 Å². The van der Waals surface area contributed by atoms with E-state index in [9.17, 15) is 4.79 Å². The van der Waals surface area contributed by atoms with Crippen LogP contribution in [0.3, 0.4) is 0 Å². The quantitative estimate of drug-likeness (QED) is 0.508. The summed E-state index contributed by atoms with van der Waals surface area (Å²) in [7, 11) is 0. The number of nitrogens with zero attached hydrogens (tertiary/aromatic N) is 2. The lowest BCUT2D eigenvalue weighted by Gasteiger charge is -2.01. The average Bonchev–Trinajstić information content (AvgIpc) is 2.66. The molecule has 0 spiro atoms. The fraction of sp³-hybridized carbons (Fsp3) is 0.167. The molecule has 4 N–H and O–H groups in total. The zero-order valence-corrected chi connectivity index (χ0v) is 11.0. The lowest BCUT2D eigenvalue weighted by atomic mass is 10.2. The summed E-state index contributed by atoms with van der Waals surface area (Å²) >= 11 is 6.08. The van der Waals surface area contributed by atoms with Gasteiger partial charge in [0.05, 0.1) is 17.8 Å². The molecule has 0 aliphatic carbocycles. The van der Waals surface area contributed by atoms with E-state index in [0.29, 0.717) is 11.2 Å². The number of carbonyl (C=O) groups is 1. The number of rotatable bonds is 3. The first kappa shape index (κ1) is 13.2. The van der Waals surface area contributed by atoms with Crippen LogP contribution < -0.4 is 11.5 Å². The van der Waals surface area contributed by atoms with Crippen molar-refractivity contribution in [3.63, 3.8) is 0 Å². The van der Waals surface area contributed by atoms with Gasteiger partial charge in [-0.1, -0.05) is 0 Å². The molecule has 0 fully saturated rings. The number of aromatic nitrogens is 1. The van der Waals surface area contributed by atoms with E-state index in [4.69, 9.17) is 28.0 Å². The minimum absolute atomic E-state index is 0.0322. The zero-order valence-electron chi connectivity index (χ0n) is 10.3. The van der Waals surface area contributed by atoms with E-state index in [-0.39, 0.29) is 18.3 Å². The molecule has 1 aromatic heterocycles. The third-order valence-corrected chi connectivity index (χ3v) is 2.83. The number of hydrogen-bond acceptors (Lipinski definition) is 3. The molecule has 0 bridgehead atoms. The Hall–Kier alpha value is -2.21. The fourth-order valence-corrected chi connectivity index (χ4v) is 2.00. The number of guanidine groups is 1. The highest BCUT2D eigenvalue weighted by molar-refractivity contribution is 6.22. The Morgan fingerprint density at radius 3 is 2.79 bits per heavy atom. The maximum atomic E-state index is 11.7. The summed E-state index contributed by atoms with van der Waals surface area (Å²) in [5.74, 6) is -0.507. The highest BCUT2D eigenvalue weighted by Crippen LogP contribution is 2.26. The van der Waals surface area contributed by atoms with Crippen molar-refractivity contribution >= 4 is 40.3 Å². The molecule has 0 radical (unpaired) electrons. The Bertz CT molecular complexity index is 659. The smallest absolute Gasteiger partial charge is 0.356 e. The molecule has 7 heteroatoms. The standard InChI is InChI=1S/C12H13ClN4O2/c1-2-19-11(18)10-6-7-5-8(16-12(14)15)3-4-9(7)17(10)13/h3-6H,2H2,1H3,(H4,14,15,16). The maximum Gasteiger partial charge on any atom is 0.356 e. The van der Waals surface area contributed by atoms with Gasteiger partial charge in [0, 0.05) is 17.2 Å². The lowest BCUT2D eigenvalue weighted by molar-refractivity contribution is 0.0519. The van der Waals surface area contributed by atoms with Gasteiger partial charge in [0.25, 0.3) is 0 Å². The van der Waals surface area contributed by atoms with Gasteiger partial charge >= 0.3 is 5.97 Å². The summed E-state index contributed by atoms with van der Waals surface area (Å²) in [6, 6.07) is 6.80. The molecule has 0 aliphatic heterocycles. The molecule has 19 heavy (non-hydrogen) atoms. The molecular formula is C12H13ClN4O2. The van der Waals surface area contributed by atoms with Gasteiger partial charge in [-0.3, -0.25) is 0 Å². The van der Waals surface area contributed by atoms with Crippen molar-refractivity contribution in [2.45, 2.75) is 6.92 Å². The molecule has 1 aromatic carbocycles. The summed E-state index contributed by atoms with van der Waals surface area (Å²) in [5, 5.41) is 0.751. The summed E-state index contributed by atoms with van der Waals surface area (Å²) in [6.45, 7) is 2.02. The fourth-order valence-electron chi connectivity index (χ4n) is 1.73. The Morgan fingerprint density at radius 1 is 1.42 bits per heavy atom. The molecular weight excluding hydrogens is 268 g/mol. The van der Waals surface area contributed by atoms with E-state index < -0.39 is 5.97 Å². The molecule has 0 saturated carbocycles. The SMILES string of the molecule is CCOC(=O)c1cc2cc(N=C(N)N)ccc2n1Cl. The van der Waals surface area contributed by atoms with Gasteiger partial charge in [0.15, 0.2) is 5.96 Å². The number of fused-ring (bicyclic) bond motifs is 1. The average molecular weight is 281 g/mol.